The first-order valence-corrected chi connectivity index (χ1v) is 5.84. The van der Waals surface area contributed by atoms with E-state index >= 15 is 0 Å². The quantitative estimate of drug-likeness (QED) is 0.576. The minimum Gasteiger partial charge on any atom is -0.454 e. The predicted octanol–water partition coefficient (Wildman–Crippen LogP) is 2.65. The molecule has 0 fully saturated rings. The maximum atomic E-state index is 11.9. The maximum Gasteiger partial charge on any atom is 0.236 e. The van der Waals surface area contributed by atoms with E-state index in [-0.39, 0.29) is 12.6 Å². The summed E-state index contributed by atoms with van der Waals surface area (Å²) in [6, 6.07) is 14.5. The number of hydrogen-bond acceptors (Lipinski definition) is 3. The molecule has 3 nitrogen and oxygen atoms in total. The lowest BCUT2D eigenvalue weighted by atomic mass is 10.1. The SMILES string of the molecule is O=C(C#Cc1ccccc1)c1ccc2c(c1)OCO2. The van der Waals surface area contributed by atoms with Gasteiger partial charge in [0.05, 0.1) is 0 Å². The fourth-order valence-electron chi connectivity index (χ4n) is 1.76. The molecule has 0 unspecified atom stereocenters. The zero-order chi connectivity index (χ0) is 13.1. The van der Waals surface area contributed by atoms with Gasteiger partial charge in [-0.05, 0) is 36.3 Å². The molecule has 1 aliphatic rings. The van der Waals surface area contributed by atoms with Gasteiger partial charge in [0.25, 0.3) is 0 Å². The van der Waals surface area contributed by atoms with Crippen molar-refractivity contribution in [2.75, 3.05) is 6.79 Å². The van der Waals surface area contributed by atoms with E-state index in [0.29, 0.717) is 17.1 Å². The van der Waals surface area contributed by atoms with Crippen LogP contribution in [-0.2, 0) is 0 Å². The highest BCUT2D eigenvalue weighted by atomic mass is 16.7. The fraction of sp³-hybridized carbons (Fsp3) is 0.0625. The van der Waals surface area contributed by atoms with Crippen LogP contribution < -0.4 is 9.47 Å². The van der Waals surface area contributed by atoms with E-state index in [2.05, 4.69) is 11.8 Å². The van der Waals surface area contributed by atoms with Crippen molar-refractivity contribution >= 4 is 5.78 Å². The number of Topliss-reactive ketones (excluding diaryl/α,β-unsaturated/α-hetero) is 1. The Labute approximate surface area is 110 Å². The summed E-state index contributed by atoms with van der Waals surface area (Å²) in [4.78, 5) is 11.9. The lowest BCUT2D eigenvalue weighted by molar-refractivity contribution is 0.105. The monoisotopic (exact) mass is 250 g/mol. The predicted molar refractivity (Wildman–Crippen MR) is 70.2 cm³/mol. The summed E-state index contributed by atoms with van der Waals surface area (Å²) in [5.41, 5.74) is 1.32. The summed E-state index contributed by atoms with van der Waals surface area (Å²) < 4.78 is 10.4. The Morgan fingerprint density at radius 1 is 1.00 bits per heavy atom. The molecule has 19 heavy (non-hydrogen) atoms. The smallest absolute Gasteiger partial charge is 0.236 e. The van der Waals surface area contributed by atoms with E-state index in [1.54, 1.807) is 18.2 Å². The summed E-state index contributed by atoms with van der Waals surface area (Å²) in [5, 5.41) is 0. The molecule has 0 aliphatic carbocycles. The molecule has 0 atom stereocenters. The second kappa shape index (κ2) is 4.87. The second-order valence-electron chi connectivity index (χ2n) is 4.01. The number of ether oxygens (including phenoxy) is 2. The summed E-state index contributed by atoms with van der Waals surface area (Å²) in [7, 11) is 0. The topological polar surface area (TPSA) is 35.5 Å². The molecule has 0 saturated heterocycles. The first kappa shape index (κ1) is 11.4. The molecule has 0 bridgehead atoms. The molecular weight excluding hydrogens is 240 g/mol. The summed E-state index contributed by atoms with van der Waals surface area (Å²) in [6.07, 6.45) is 0. The molecule has 1 aliphatic heterocycles. The molecule has 0 saturated carbocycles. The molecule has 0 radical (unpaired) electrons. The van der Waals surface area contributed by atoms with Crippen LogP contribution in [0, 0.1) is 11.8 Å². The van der Waals surface area contributed by atoms with Crippen LogP contribution >= 0.6 is 0 Å². The summed E-state index contributed by atoms with van der Waals surface area (Å²) >= 11 is 0. The van der Waals surface area contributed by atoms with Gasteiger partial charge in [-0.25, -0.2) is 0 Å². The molecule has 0 amide bonds. The van der Waals surface area contributed by atoms with E-state index in [0.717, 1.165) is 5.56 Å². The van der Waals surface area contributed by atoms with Crippen LogP contribution in [0.3, 0.4) is 0 Å². The van der Waals surface area contributed by atoms with Crippen molar-refractivity contribution in [3.05, 3.63) is 59.7 Å². The van der Waals surface area contributed by atoms with Crippen molar-refractivity contribution in [1.82, 2.24) is 0 Å². The van der Waals surface area contributed by atoms with E-state index in [1.165, 1.54) is 0 Å². The van der Waals surface area contributed by atoms with Crippen LogP contribution in [0.5, 0.6) is 11.5 Å². The largest absolute Gasteiger partial charge is 0.454 e. The third kappa shape index (κ3) is 2.43. The average molecular weight is 250 g/mol. The maximum absolute atomic E-state index is 11.9. The zero-order valence-corrected chi connectivity index (χ0v) is 10.1. The normalized spacial score (nSPS) is 11.6. The van der Waals surface area contributed by atoms with E-state index in [9.17, 15) is 4.79 Å². The number of benzene rings is 2. The Morgan fingerprint density at radius 2 is 1.79 bits per heavy atom. The Balaban J connectivity index is 1.84. The molecule has 3 heteroatoms. The van der Waals surface area contributed by atoms with Crippen molar-refractivity contribution in [2.24, 2.45) is 0 Å². The zero-order valence-electron chi connectivity index (χ0n) is 10.1. The van der Waals surface area contributed by atoms with E-state index in [1.807, 2.05) is 30.3 Å². The summed E-state index contributed by atoms with van der Waals surface area (Å²) in [6.45, 7) is 0.197. The molecule has 2 aromatic rings. The third-order valence-electron chi connectivity index (χ3n) is 2.73. The minimum atomic E-state index is -0.234. The number of carbonyl (C=O) groups is 1. The molecule has 92 valence electrons. The molecule has 1 heterocycles. The third-order valence-corrected chi connectivity index (χ3v) is 2.73. The molecule has 2 aromatic carbocycles. The molecular formula is C16H10O3. The van der Waals surface area contributed by atoms with Gasteiger partial charge in [-0.1, -0.05) is 24.1 Å². The van der Waals surface area contributed by atoms with Gasteiger partial charge in [-0.2, -0.15) is 0 Å². The standard InChI is InChI=1S/C16H10O3/c17-14(8-6-12-4-2-1-3-5-12)13-7-9-15-16(10-13)19-11-18-15/h1-5,7,9-10H,11H2. The number of rotatable bonds is 1. The van der Waals surface area contributed by atoms with Gasteiger partial charge >= 0.3 is 0 Å². The lowest BCUT2D eigenvalue weighted by Gasteiger charge is -1.97. The first-order chi connectivity index (χ1) is 9.33. The fourth-order valence-corrected chi connectivity index (χ4v) is 1.76. The van der Waals surface area contributed by atoms with Crippen molar-refractivity contribution < 1.29 is 14.3 Å². The molecule has 0 spiro atoms. The lowest BCUT2D eigenvalue weighted by Crippen LogP contribution is -1.95. The Hall–Kier alpha value is -2.73. The van der Waals surface area contributed by atoms with Gasteiger partial charge in [0.15, 0.2) is 11.5 Å². The van der Waals surface area contributed by atoms with Crippen molar-refractivity contribution in [3.63, 3.8) is 0 Å². The highest BCUT2D eigenvalue weighted by molar-refractivity contribution is 6.09. The van der Waals surface area contributed by atoms with Gasteiger partial charge in [0.1, 0.15) is 0 Å². The van der Waals surface area contributed by atoms with E-state index < -0.39 is 0 Å². The highest BCUT2D eigenvalue weighted by Gasteiger charge is 2.15. The second-order valence-corrected chi connectivity index (χ2v) is 4.01. The van der Waals surface area contributed by atoms with Crippen LogP contribution in [0.1, 0.15) is 15.9 Å². The Kier molecular flexibility index (Phi) is 2.91. The molecule has 0 N–H and O–H groups in total. The van der Waals surface area contributed by atoms with Gasteiger partial charge < -0.3 is 9.47 Å². The van der Waals surface area contributed by atoms with Crippen LogP contribution in [0.25, 0.3) is 0 Å². The number of hydrogen-bond donors (Lipinski definition) is 0. The highest BCUT2D eigenvalue weighted by Crippen LogP contribution is 2.32. The number of fused-ring (bicyclic) bond motifs is 1. The van der Waals surface area contributed by atoms with Gasteiger partial charge in [0, 0.05) is 11.1 Å². The van der Waals surface area contributed by atoms with Crippen LogP contribution in [0.4, 0.5) is 0 Å². The minimum absolute atomic E-state index is 0.197. The number of ketones is 1. The van der Waals surface area contributed by atoms with Crippen molar-refractivity contribution in [2.45, 2.75) is 0 Å². The van der Waals surface area contributed by atoms with Gasteiger partial charge in [-0.3, -0.25) is 4.79 Å². The Bertz CT molecular complexity index is 678. The van der Waals surface area contributed by atoms with Crippen molar-refractivity contribution in [3.8, 4) is 23.3 Å². The molecule has 3 rings (SSSR count). The van der Waals surface area contributed by atoms with Crippen LogP contribution in [0.15, 0.2) is 48.5 Å². The first-order valence-electron chi connectivity index (χ1n) is 5.84. The van der Waals surface area contributed by atoms with Gasteiger partial charge in [-0.15, -0.1) is 0 Å². The van der Waals surface area contributed by atoms with Crippen LogP contribution in [-0.4, -0.2) is 12.6 Å². The Morgan fingerprint density at radius 3 is 2.63 bits per heavy atom. The van der Waals surface area contributed by atoms with Crippen LogP contribution in [0.2, 0.25) is 0 Å². The van der Waals surface area contributed by atoms with Gasteiger partial charge in [0.2, 0.25) is 12.6 Å². The van der Waals surface area contributed by atoms with Crippen molar-refractivity contribution in [1.29, 1.82) is 0 Å². The number of carbonyl (C=O) groups excluding carboxylic acids is 1. The molecule has 0 aromatic heterocycles. The summed E-state index contributed by atoms with van der Waals surface area (Å²) in [5.74, 6) is 6.48. The average Bonchev–Trinajstić information content (AvgIpc) is 2.93. The van der Waals surface area contributed by atoms with E-state index in [4.69, 9.17) is 9.47 Å².